The first-order valence-corrected chi connectivity index (χ1v) is 7.67. The molecule has 1 aliphatic heterocycles. The molecule has 1 aromatic rings. The van der Waals surface area contributed by atoms with Crippen LogP contribution in [0.3, 0.4) is 0 Å². The monoisotopic (exact) mass is 404 g/mol. The van der Waals surface area contributed by atoms with Crippen molar-refractivity contribution < 1.29 is 46.7 Å². The summed E-state index contributed by atoms with van der Waals surface area (Å²) in [6.07, 6.45) is 1.22. The number of likely N-dealkylation sites (N-methyl/N-ethyl adjacent to an activating group) is 1. The predicted molar refractivity (Wildman–Crippen MR) is 95.6 cm³/mol. The molecule has 0 bridgehead atoms. The Morgan fingerprint density at radius 3 is 2.08 bits per heavy atom. The Labute approximate surface area is 173 Å². The predicted octanol–water partition coefficient (Wildman–Crippen LogP) is 2.08. The molecule has 0 amide bonds. The summed E-state index contributed by atoms with van der Waals surface area (Å²) < 4.78 is 22.5. The minimum atomic E-state index is -0.319. The minimum absolute atomic E-state index is 0. The van der Waals surface area contributed by atoms with Crippen LogP contribution in [-0.4, -0.2) is 43.9 Å². The summed E-state index contributed by atoms with van der Waals surface area (Å²) in [6, 6.07) is 8.24. The van der Waals surface area contributed by atoms with Crippen LogP contribution in [0.1, 0.15) is 33.3 Å². The average molecular weight is 404 g/mol. The Hall–Kier alpha value is 0.134. The molecule has 1 heterocycles. The summed E-state index contributed by atoms with van der Waals surface area (Å²) in [6.45, 7) is 10.2. The summed E-state index contributed by atoms with van der Waals surface area (Å²) in [7, 11) is 2.48. The third-order valence-electron chi connectivity index (χ3n) is 4.51. The van der Waals surface area contributed by atoms with Crippen molar-refractivity contribution in [2.45, 2.75) is 45.3 Å². The van der Waals surface area contributed by atoms with E-state index in [1.54, 1.807) is 0 Å². The largest absolute Gasteiger partial charge is 0.358 e. The standard InChI is InChI=1S/C16H24B2NO3.CH3.Y/c1-15(2)16(3,4)22-18(21-15)14-8-6-13(7-9-14)10-11-19(5)12-17-20;;/h6-9,11H,10,12H2,1-5H3;1H3;/q2*-1;. The van der Waals surface area contributed by atoms with Gasteiger partial charge in [0, 0.05) is 32.7 Å². The van der Waals surface area contributed by atoms with Crippen LogP contribution < -0.4 is 5.46 Å². The van der Waals surface area contributed by atoms with Crippen LogP contribution in [0.4, 0.5) is 0 Å². The van der Waals surface area contributed by atoms with Gasteiger partial charge in [-0.25, -0.2) is 0 Å². The van der Waals surface area contributed by atoms with E-state index in [4.69, 9.17) is 9.31 Å². The van der Waals surface area contributed by atoms with Gasteiger partial charge in [-0.15, -0.1) is 0 Å². The van der Waals surface area contributed by atoms with Gasteiger partial charge in [-0.1, -0.05) is 0 Å². The summed E-state index contributed by atoms with van der Waals surface area (Å²) in [5.41, 5.74) is 1.59. The van der Waals surface area contributed by atoms with Gasteiger partial charge in [0.1, 0.15) is 0 Å². The van der Waals surface area contributed by atoms with Gasteiger partial charge in [0.25, 0.3) is 0 Å². The van der Waals surface area contributed by atoms with Crippen molar-refractivity contribution >= 4 is 19.7 Å². The normalized spacial score (nSPS) is 17.8. The molecular weight excluding hydrogens is 377 g/mol. The summed E-state index contributed by atoms with van der Waals surface area (Å²) in [4.78, 5) is 1.88. The molecule has 0 atom stereocenters. The van der Waals surface area contributed by atoms with Gasteiger partial charge in [0.05, 0.1) is 0 Å². The molecule has 1 aliphatic rings. The number of hydrogen-bond acceptors (Lipinski definition) is 4. The van der Waals surface area contributed by atoms with Gasteiger partial charge in [-0.3, -0.25) is 0 Å². The first-order chi connectivity index (χ1) is 10.2. The van der Waals surface area contributed by atoms with E-state index in [-0.39, 0.29) is 58.5 Å². The molecule has 1 aromatic carbocycles. The van der Waals surface area contributed by atoms with E-state index >= 15 is 0 Å². The van der Waals surface area contributed by atoms with Crippen LogP contribution in [0.2, 0.25) is 0 Å². The molecule has 4 nitrogen and oxygen atoms in total. The molecule has 0 saturated carbocycles. The second-order valence-electron chi connectivity index (χ2n) is 6.82. The van der Waals surface area contributed by atoms with Crippen molar-refractivity contribution in [2.24, 2.45) is 0 Å². The van der Waals surface area contributed by atoms with Gasteiger partial charge in [-0.05, 0) is 0 Å². The Morgan fingerprint density at radius 2 is 1.62 bits per heavy atom. The fraction of sp³-hybridized carbons (Fsp3) is 0.529. The Bertz CT molecular complexity index is 507. The summed E-state index contributed by atoms with van der Waals surface area (Å²) >= 11 is 0. The van der Waals surface area contributed by atoms with Crippen molar-refractivity contribution in [3.63, 3.8) is 0 Å². The van der Waals surface area contributed by atoms with E-state index in [0.717, 1.165) is 19.0 Å². The molecule has 7 heteroatoms. The second-order valence-corrected chi connectivity index (χ2v) is 6.82. The zero-order valence-corrected chi connectivity index (χ0v) is 18.5. The molecule has 1 fully saturated rings. The van der Waals surface area contributed by atoms with Gasteiger partial charge >= 0.3 is 134 Å². The second kappa shape index (κ2) is 9.73. The number of benzene rings is 1. The first kappa shape index (κ1) is 24.1. The maximum absolute atomic E-state index is 10.4. The molecule has 24 heavy (non-hydrogen) atoms. The smallest absolute Gasteiger partial charge is 0 e. The molecule has 0 spiro atoms. The van der Waals surface area contributed by atoms with Crippen molar-refractivity contribution in [3.8, 4) is 0 Å². The molecule has 2 rings (SSSR count). The fourth-order valence-electron chi connectivity index (χ4n) is 2.24. The van der Waals surface area contributed by atoms with Crippen LogP contribution >= 0.6 is 0 Å². The third-order valence-corrected chi connectivity index (χ3v) is 4.51. The SMILES string of the molecule is CN([CH-]Cc1ccc(B2OC(C)(C)C(C)(C)O2)cc1)CB=O.[CH3-].[Y]. The summed E-state index contributed by atoms with van der Waals surface area (Å²) in [5.74, 6) is 0. The molecule has 1 radical (unpaired) electrons. The zero-order valence-electron chi connectivity index (χ0n) is 15.7. The van der Waals surface area contributed by atoms with Crippen LogP contribution in [-0.2, 0) is 53.1 Å². The van der Waals surface area contributed by atoms with Crippen LogP contribution in [0.15, 0.2) is 24.3 Å². The zero-order chi connectivity index (χ0) is 16.4. The quantitative estimate of drug-likeness (QED) is 0.538. The van der Waals surface area contributed by atoms with Gasteiger partial charge in [0.15, 0.2) is 0 Å². The van der Waals surface area contributed by atoms with Crippen molar-refractivity contribution in [3.05, 3.63) is 43.8 Å². The van der Waals surface area contributed by atoms with E-state index in [0.29, 0.717) is 6.44 Å². The maximum atomic E-state index is 10.4. The van der Waals surface area contributed by atoms with E-state index in [9.17, 15) is 4.70 Å². The third kappa shape index (κ3) is 5.84. The number of hydrogen-bond donors (Lipinski definition) is 0. The van der Waals surface area contributed by atoms with E-state index in [2.05, 4.69) is 39.8 Å². The topological polar surface area (TPSA) is 38.8 Å². The number of rotatable bonds is 6. The summed E-state index contributed by atoms with van der Waals surface area (Å²) in [5, 5.41) is 0. The molecule has 0 aromatic heterocycles. The van der Waals surface area contributed by atoms with E-state index in [1.807, 2.05) is 30.6 Å². The van der Waals surface area contributed by atoms with Crippen LogP contribution in [0.25, 0.3) is 0 Å². The average Bonchev–Trinajstić information content (AvgIpc) is 2.66. The first-order valence-electron chi connectivity index (χ1n) is 7.67. The number of nitrogens with zero attached hydrogens (tertiary/aromatic N) is 1. The van der Waals surface area contributed by atoms with E-state index in [1.165, 1.54) is 5.56 Å². The molecule has 129 valence electrons. The molecule has 0 aliphatic carbocycles. The Morgan fingerprint density at radius 1 is 1.12 bits per heavy atom. The van der Waals surface area contributed by atoms with Crippen LogP contribution in [0.5, 0.6) is 0 Å². The molecular formula is C17H27B2NO3Y-2. The van der Waals surface area contributed by atoms with Gasteiger partial charge in [-0.2, -0.15) is 0 Å². The van der Waals surface area contributed by atoms with Crippen molar-refractivity contribution in [1.29, 1.82) is 0 Å². The molecule has 1 saturated heterocycles. The Kier molecular flexibility index (Phi) is 9.78. The van der Waals surface area contributed by atoms with Gasteiger partial charge in [0.2, 0.25) is 0 Å². The minimum Gasteiger partial charge on any atom is -0.358 e. The van der Waals surface area contributed by atoms with Gasteiger partial charge < -0.3 is 7.43 Å². The fourth-order valence-corrected chi connectivity index (χ4v) is 2.24. The van der Waals surface area contributed by atoms with Crippen molar-refractivity contribution in [1.82, 2.24) is 4.90 Å². The van der Waals surface area contributed by atoms with Crippen molar-refractivity contribution in [2.75, 3.05) is 13.5 Å². The molecule has 0 unspecified atom stereocenters. The van der Waals surface area contributed by atoms with Crippen LogP contribution in [0, 0.1) is 14.0 Å². The van der Waals surface area contributed by atoms with E-state index < -0.39 is 0 Å². The Balaban J connectivity index is 0.00000264. The maximum Gasteiger partial charge on any atom is 0 e. The molecule has 0 N–H and O–H groups in total.